The third-order valence-corrected chi connectivity index (χ3v) is 3.41. The first-order valence-corrected chi connectivity index (χ1v) is 6.36. The van der Waals surface area contributed by atoms with Gasteiger partial charge in [-0.05, 0) is 43.0 Å². The lowest BCUT2D eigenvalue weighted by Crippen LogP contribution is -2.02. The molecule has 5 heteroatoms. The van der Waals surface area contributed by atoms with E-state index in [2.05, 4.69) is 5.32 Å². The van der Waals surface area contributed by atoms with Crippen molar-refractivity contribution in [3.63, 3.8) is 0 Å². The normalized spacial score (nSPS) is 16.3. The van der Waals surface area contributed by atoms with E-state index < -0.39 is 10.1 Å². The largest absolute Gasteiger partial charge is 0.385 e. The molecule has 1 aliphatic rings. The highest BCUT2D eigenvalue weighted by Gasteiger charge is 2.13. The molecule has 1 aliphatic heterocycles. The quantitative estimate of drug-likeness (QED) is 0.716. The molecular formula is C10H13NO3S. The van der Waals surface area contributed by atoms with E-state index in [1.807, 2.05) is 0 Å². The van der Waals surface area contributed by atoms with Crippen LogP contribution in [-0.4, -0.2) is 19.5 Å². The number of hydrogen-bond donors (Lipinski definition) is 2. The van der Waals surface area contributed by atoms with Crippen LogP contribution in [0.4, 0.5) is 5.69 Å². The highest BCUT2D eigenvalue weighted by atomic mass is 32.2. The predicted molar refractivity (Wildman–Crippen MR) is 57.7 cm³/mol. The summed E-state index contributed by atoms with van der Waals surface area (Å²) in [5, 5.41) is 3.23. The molecule has 0 amide bonds. The van der Waals surface area contributed by atoms with Crippen LogP contribution in [-0.2, 0) is 16.5 Å². The van der Waals surface area contributed by atoms with E-state index in [0.29, 0.717) is 0 Å². The second-order valence-corrected chi connectivity index (χ2v) is 5.10. The minimum atomic E-state index is -4.08. The van der Waals surface area contributed by atoms with Crippen LogP contribution < -0.4 is 5.32 Å². The smallest absolute Gasteiger partial charge is 0.294 e. The van der Waals surface area contributed by atoms with Crippen LogP contribution in [0.25, 0.3) is 0 Å². The standard InChI is InChI=1S/C10H13NO3S/c12-15(13,14)9-4-5-10-8(7-9)3-1-2-6-11-10/h4-5,7,11H,1-3,6H2,(H,12,13,14). The fraction of sp³-hybridized carbons (Fsp3) is 0.400. The van der Waals surface area contributed by atoms with E-state index in [4.69, 9.17) is 4.55 Å². The van der Waals surface area contributed by atoms with E-state index >= 15 is 0 Å². The predicted octanol–water partition coefficient (Wildman–Crippen LogP) is 1.68. The average Bonchev–Trinajstić information content (AvgIpc) is 2.39. The summed E-state index contributed by atoms with van der Waals surface area (Å²) in [6.45, 7) is 0.915. The number of fused-ring (bicyclic) bond motifs is 1. The average molecular weight is 227 g/mol. The molecule has 1 aromatic carbocycles. The van der Waals surface area contributed by atoms with Gasteiger partial charge < -0.3 is 5.32 Å². The Hall–Kier alpha value is -1.07. The Bertz CT molecular complexity index is 468. The molecule has 0 aliphatic carbocycles. The number of anilines is 1. The first-order chi connectivity index (χ1) is 7.07. The Morgan fingerprint density at radius 1 is 1.27 bits per heavy atom. The van der Waals surface area contributed by atoms with Crippen molar-refractivity contribution < 1.29 is 13.0 Å². The van der Waals surface area contributed by atoms with E-state index in [-0.39, 0.29) is 4.90 Å². The van der Waals surface area contributed by atoms with Crippen LogP contribution in [0.5, 0.6) is 0 Å². The van der Waals surface area contributed by atoms with Crippen molar-refractivity contribution in [3.05, 3.63) is 23.8 Å². The molecule has 0 bridgehead atoms. The van der Waals surface area contributed by atoms with Gasteiger partial charge in [-0.1, -0.05) is 0 Å². The third-order valence-electron chi connectivity index (χ3n) is 2.56. The van der Waals surface area contributed by atoms with Crippen molar-refractivity contribution in [1.82, 2.24) is 0 Å². The molecule has 2 N–H and O–H groups in total. The maximum Gasteiger partial charge on any atom is 0.294 e. The van der Waals surface area contributed by atoms with E-state index in [0.717, 1.165) is 37.1 Å². The molecule has 0 atom stereocenters. The van der Waals surface area contributed by atoms with Gasteiger partial charge in [0.1, 0.15) is 0 Å². The Morgan fingerprint density at radius 3 is 2.80 bits per heavy atom. The second kappa shape index (κ2) is 3.83. The molecule has 0 radical (unpaired) electrons. The summed E-state index contributed by atoms with van der Waals surface area (Å²) in [6.07, 6.45) is 2.97. The molecule has 0 saturated carbocycles. The zero-order chi connectivity index (χ0) is 10.9. The molecule has 0 fully saturated rings. The molecule has 1 heterocycles. The molecular weight excluding hydrogens is 214 g/mol. The van der Waals surface area contributed by atoms with Gasteiger partial charge in [-0.15, -0.1) is 0 Å². The van der Waals surface area contributed by atoms with E-state index in [9.17, 15) is 8.42 Å². The van der Waals surface area contributed by atoms with Crippen molar-refractivity contribution in [2.45, 2.75) is 24.2 Å². The van der Waals surface area contributed by atoms with Crippen LogP contribution >= 0.6 is 0 Å². The first-order valence-electron chi connectivity index (χ1n) is 4.92. The van der Waals surface area contributed by atoms with Gasteiger partial charge in [0.15, 0.2) is 0 Å². The summed E-state index contributed by atoms with van der Waals surface area (Å²) in [5.74, 6) is 0. The summed E-state index contributed by atoms with van der Waals surface area (Å²) in [6, 6.07) is 4.68. The molecule has 0 unspecified atom stereocenters. The molecule has 0 saturated heterocycles. The minimum Gasteiger partial charge on any atom is -0.385 e. The fourth-order valence-corrected chi connectivity index (χ4v) is 2.30. The topological polar surface area (TPSA) is 66.4 Å². The number of aryl methyl sites for hydroxylation is 1. The summed E-state index contributed by atoms with van der Waals surface area (Å²) < 4.78 is 30.8. The monoisotopic (exact) mass is 227 g/mol. The molecule has 1 aromatic rings. The molecule has 0 spiro atoms. The van der Waals surface area contributed by atoms with Crippen molar-refractivity contribution in [2.75, 3.05) is 11.9 Å². The third kappa shape index (κ3) is 2.30. The van der Waals surface area contributed by atoms with Gasteiger partial charge in [0.05, 0.1) is 4.90 Å². The van der Waals surface area contributed by atoms with E-state index in [1.165, 1.54) is 6.07 Å². The zero-order valence-electron chi connectivity index (χ0n) is 8.23. The van der Waals surface area contributed by atoms with Gasteiger partial charge in [-0.3, -0.25) is 4.55 Å². The summed E-state index contributed by atoms with van der Waals surface area (Å²) in [4.78, 5) is -0.0232. The lowest BCUT2D eigenvalue weighted by atomic mass is 10.1. The lowest BCUT2D eigenvalue weighted by Gasteiger charge is -2.08. The Kier molecular flexibility index (Phi) is 2.67. The van der Waals surface area contributed by atoms with Crippen LogP contribution in [0.15, 0.2) is 23.1 Å². The van der Waals surface area contributed by atoms with Crippen LogP contribution in [0.3, 0.4) is 0 Å². The van der Waals surface area contributed by atoms with Crippen molar-refractivity contribution >= 4 is 15.8 Å². The van der Waals surface area contributed by atoms with Crippen molar-refractivity contribution in [3.8, 4) is 0 Å². The first kappa shape index (κ1) is 10.4. The summed E-state index contributed by atoms with van der Waals surface area (Å²) >= 11 is 0. The van der Waals surface area contributed by atoms with Crippen LogP contribution in [0.1, 0.15) is 18.4 Å². The van der Waals surface area contributed by atoms with Gasteiger partial charge in [-0.2, -0.15) is 8.42 Å². The molecule has 2 rings (SSSR count). The highest BCUT2D eigenvalue weighted by Crippen LogP contribution is 2.24. The molecule has 0 aromatic heterocycles. The van der Waals surface area contributed by atoms with Gasteiger partial charge in [-0.25, -0.2) is 0 Å². The van der Waals surface area contributed by atoms with Gasteiger partial charge in [0.2, 0.25) is 0 Å². The number of rotatable bonds is 1. The van der Waals surface area contributed by atoms with E-state index in [1.54, 1.807) is 12.1 Å². The van der Waals surface area contributed by atoms with Crippen LogP contribution in [0.2, 0.25) is 0 Å². The van der Waals surface area contributed by atoms with Gasteiger partial charge >= 0.3 is 0 Å². The lowest BCUT2D eigenvalue weighted by molar-refractivity contribution is 0.483. The van der Waals surface area contributed by atoms with Gasteiger partial charge in [0.25, 0.3) is 10.1 Å². The number of benzene rings is 1. The van der Waals surface area contributed by atoms with Crippen molar-refractivity contribution in [2.24, 2.45) is 0 Å². The molecule has 15 heavy (non-hydrogen) atoms. The highest BCUT2D eigenvalue weighted by molar-refractivity contribution is 7.85. The second-order valence-electron chi connectivity index (χ2n) is 3.68. The molecule has 4 nitrogen and oxygen atoms in total. The maximum atomic E-state index is 10.9. The number of nitrogens with one attached hydrogen (secondary N) is 1. The fourth-order valence-electron chi connectivity index (χ4n) is 1.77. The molecule has 82 valence electrons. The zero-order valence-corrected chi connectivity index (χ0v) is 9.05. The number of hydrogen-bond acceptors (Lipinski definition) is 3. The van der Waals surface area contributed by atoms with Crippen molar-refractivity contribution in [1.29, 1.82) is 0 Å². The van der Waals surface area contributed by atoms with Crippen LogP contribution in [0, 0.1) is 0 Å². The SMILES string of the molecule is O=S(=O)(O)c1ccc2c(c1)CCCCN2. The Balaban J connectivity index is 2.45. The Morgan fingerprint density at radius 2 is 2.07 bits per heavy atom. The van der Waals surface area contributed by atoms with Gasteiger partial charge in [0, 0.05) is 12.2 Å². The summed E-state index contributed by atoms with van der Waals surface area (Å²) in [7, 11) is -4.08. The minimum absolute atomic E-state index is 0.0232. The Labute approximate surface area is 89.1 Å². The summed E-state index contributed by atoms with van der Waals surface area (Å²) in [5.41, 5.74) is 1.93. The maximum absolute atomic E-state index is 10.9.